The summed E-state index contributed by atoms with van der Waals surface area (Å²) in [7, 11) is 0. The van der Waals surface area contributed by atoms with Crippen molar-refractivity contribution in [3.63, 3.8) is 0 Å². The lowest BCUT2D eigenvalue weighted by Gasteiger charge is -2.35. The molecule has 2 unspecified atom stereocenters. The van der Waals surface area contributed by atoms with Crippen molar-refractivity contribution in [2.75, 3.05) is 6.54 Å². The van der Waals surface area contributed by atoms with E-state index in [9.17, 15) is 9.59 Å². The number of ether oxygens (including phenoxy) is 1. The molecule has 0 saturated carbocycles. The lowest BCUT2D eigenvalue weighted by atomic mass is 9.91. The average molecular weight is 243 g/mol. The van der Waals surface area contributed by atoms with E-state index in [1.54, 1.807) is 20.8 Å². The van der Waals surface area contributed by atoms with E-state index >= 15 is 0 Å². The van der Waals surface area contributed by atoms with Crippen LogP contribution in [0.4, 0.5) is 0 Å². The molecule has 0 aromatic heterocycles. The normalized spacial score (nSPS) is 26.6. The Morgan fingerprint density at radius 2 is 1.94 bits per heavy atom. The van der Waals surface area contributed by atoms with Crippen LogP contribution in [0.5, 0.6) is 0 Å². The Kier molecular flexibility index (Phi) is 4.11. The summed E-state index contributed by atoms with van der Waals surface area (Å²) < 4.78 is 5.26. The molecule has 2 atom stereocenters. The van der Waals surface area contributed by atoms with E-state index in [1.165, 1.54) is 5.01 Å². The molecule has 6 heteroatoms. The Balaban J connectivity index is 2.67. The molecule has 1 fully saturated rings. The fraction of sp³-hybridized carbons (Fsp3) is 0.818. The predicted octanol–water partition coefficient (Wildman–Crippen LogP) is -0.232. The number of amides is 1. The molecule has 0 bridgehead atoms. The molecule has 0 aromatic rings. The van der Waals surface area contributed by atoms with Gasteiger partial charge in [-0.1, -0.05) is 0 Å². The van der Waals surface area contributed by atoms with Gasteiger partial charge in [-0.25, -0.2) is 5.01 Å². The zero-order valence-corrected chi connectivity index (χ0v) is 10.6. The quantitative estimate of drug-likeness (QED) is 0.515. The summed E-state index contributed by atoms with van der Waals surface area (Å²) in [5.41, 5.74) is 4.69. The second-order valence-electron chi connectivity index (χ2n) is 5.41. The van der Waals surface area contributed by atoms with Crippen LogP contribution in [0.1, 0.15) is 33.6 Å². The van der Waals surface area contributed by atoms with Gasteiger partial charge < -0.3 is 10.5 Å². The third kappa shape index (κ3) is 3.98. The summed E-state index contributed by atoms with van der Waals surface area (Å²) >= 11 is 0. The molecular weight excluding hydrogens is 222 g/mol. The Hall–Kier alpha value is -1.14. The highest BCUT2D eigenvalue weighted by Crippen LogP contribution is 2.22. The molecule has 1 rings (SSSR count). The van der Waals surface area contributed by atoms with E-state index in [0.29, 0.717) is 19.4 Å². The van der Waals surface area contributed by atoms with Crippen LogP contribution in [0.25, 0.3) is 0 Å². The number of esters is 1. The molecule has 1 saturated heterocycles. The van der Waals surface area contributed by atoms with E-state index < -0.39 is 17.6 Å². The number of hydrogen-bond acceptors (Lipinski definition) is 5. The van der Waals surface area contributed by atoms with Gasteiger partial charge in [-0.05, 0) is 33.6 Å². The van der Waals surface area contributed by atoms with Crippen LogP contribution in [0, 0.1) is 5.92 Å². The fourth-order valence-electron chi connectivity index (χ4n) is 1.84. The second-order valence-corrected chi connectivity index (χ2v) is 5.41. The van der Waals surface area contributed by atoms with E-state index in [2.05, 4.69) is 0 Å². The molecule has 0 aromatic carbocycles. The summed E-state index contributed by atoms with van der Waals surface area (Å²) in [6, 6.07) is -0.583. The first-order chi connectivity index (χ1) is 7.70. The maximum absolute atomic E-state index is 11.9. The van der Waals surface area contributed by atoms with Crippen molar-refractivity contribution in [2.24, 2.45) is 17.5 Å². The number of rotatable bonds is 2. The zero-order valence-electron chi connectivity index (χ0n) is 10.6. The lowest BCUT2D eigenvalue weighted by Crippen LogP contribution is -2.54. The number of carbonyl (C=O) groups is 2. The highest BCUT2D eigenvalue weighted by molar-refractivity contribution is 5.80. The number of hydrazine groups is 1. The first-order valence-electron chi connectivity index (χ1n) is 5.74. The smallest absolute Gasteiger partial charge is 0.325 e. The fourth-order valence-corrected chi connectivity index (χ4v) is 1.84. The standard InChI is InChI=1S/C11H21N3O3/c1-11(2,3)17-10(16)8-6-7(9(12)15)4-5-14(8)13/h7-8H,4-6,13H2,1-3H3,(H2,12,15). The molecule has 1 aliphatic heterocycles. The van der Waals surface area contributed by atoms with E-state index in [4.69, 9.17) is 16.3 Å². The van der Waals surface area contributed by atoms with Crippen molar-refractivity contribution in [3.8, 4) is 0 Å². The molecule has 1 aliphatic rings. The van der Waals surface area contributed by atoms with Crippen molar-refractivity contribution >= 4 is 11.9 Å². The maximum Gasteiger partial charge on any atom is 0.325 e. The van der Waals surface area contributed by atoms with Crippen molar-refractivity contribution < 1.29 is 14.3 Å². The van der Waals surface area contributed by atoms with Gasteiger partial charge in [0.1, 0.15) is 11.6 Å². The van der Waals surface area contributed by atoms with Gasteiger partial charge >= 0.3 is 5.97 Å². The van der Waals surface area contributed by atoms with Gasteiger partial charge in [-0.3, -0.25) is 15.4 Å². The van der Waals surface area contributed by atoms with Crippen molar-refractivity contribution in [2.45, 2.75) is 45.3 Å². The summed E-state index contributed by atoms with van der Waals surface area (Å²) in [6.45, 7) is 5.85. The zero-order chi connectivity index (χ0) is 13.2. The molecule has 0 spiro atoms. The topological polar surface area (TPSA) is 98.6 Å². The maximum atomic E-state index is 11.9. The first kappa shape index (κ1) is 13.9. The Morgan fingerprint density at radius 1 is 1.35 bits per heavy atom. The number of piperidine rings is 1. The molecular formula is C11H21N3O3. The summed E-state index contributed by atoms with van der Waals surface area (Å²) in [4.78, 5) is 23.0. The molecule has 1 heterocycles. The Bertz CT molecular complexity index is 312. The van der Waals surface area contributed by atoms with Gasteiger partial charge in [0.25, 0.3) is 0 Å². The molecule has 17 heavy (non-hydrogen) atoms. The van der Waals surface area contributed by atoms with Crippen LogP contribution in [-0.4, -0.2) is 35.1 Å². The SMILES string of the molecule is CC(C)(C)OC(=O)C1CC(C(N)=O)CCN1N. The van der Waals surface area contributed by atoms with Crippen LogP contribution in [0.15, 0.2) is 0 Å². The van der Waals surface area contributed by atoms with E-state index in [1.807, 2.05) is 0 Å². The highest BCUT2D eigenvalue weighted by Gasteiger charge is 2.36. The third-order valence-corrected chi connectivity index (χ3v) is 2.73. The van der Waals surface area contributed by atoms with Crippen LogP contribution in [0.3, 0.4) is 0 Å². The number of nitrogens with zero attached hydrogens (tertiary/aromatic N) is 1. The van der Waals surface area contributed by atoms with Gasteiger partial charge in [-0.2, -0.15) is 0 Å². The molecule has 0 radical (unpaired) electrons. The minimum absolute atomic E-state index is 0.299. The predicted molar refractivity (Wildman–Crippen MR) is 62.4 cm³/mol. The molecule has 6 nitrogen and oxygen atoms in total. The minimum atomic E-state index is -0.583. The van der Waals surface area contributed by atoms with Crippen molar-refractivity contribution in [3.05, 3.63) is 0 Å². The van der Waals surface area contributed by atoms with Crippen LogP contribution in [0.2, 0.25) is 0 Å². The minimum Gasteiger partial charge on any atom is -0.459 e. The lowest BCUT2D eigenvalue weighted by molar-refractivity contribution is -0.164. The highest BCUT2D eigenvalue weighted by atomic mass is 16.6. The summed E-state index contributed by atoms with van der Waals surface area (Å²) in [5, 5.41) is 1.42. The first-order valence-corrected chi connectivity index (χ1v) is 5.74. The van der Waals surface area contributed by atoms with Crippen LogP contribution >= 0.6 is 0 Å². The third-order valence-electron chi connectivity index (χ3n) is 2.73. The van der Waals surface area contributed by atoms with Crippen LogP contribution < -0.4 is 11.6 Å². The number of nitrogens with two attached hydrogens (primary N) is 2. The molecule has 4 N–H and O–H groups in total. The number of carbonyl (C=O) groups excluding carboxylic acids is 2. The van der Waals surface area contributed by atoms with Crippen molar-refractivity contribution in [1.29, 1.82) is 0 Å². The number of primary amides is 1. The molecule has 98 valence electrons. The molecule has 0 aliphatic carbocycles. The number of hydrogen-bond donors (Lipinski definition) is 2. The summed E-state index contributed by atoms with van der Waals surface area (Å²) in [5.74, 6) is 4.66. The second kappa shape index (κ2) is 5.01. The van der Waals surface area contributed by atoms with Gasteiger partial charge in [-0.15, -0.1) is 0 Å². The van der Waals surface area contributed by atoms with Gasteiger partial charge in [0.05, 0.1) is 0 Å². The molecule has 1 amide bonds. The van der Waals surface area contributed by atoms with Crippen LogP contribution in [-0.2, 0) is 14.3 Å². The van der Waals surface area contributed by atoms with E-state index in [-0.39, 0.29) is 11.8 Å². The largest absolute Gasteiger partial charge is 0.459 e. The van der Waals surface area contributed by atoms with E-state index in [0.717, 1.165) is 0 Å². The average Bonchev–Trinajstić information content (AvgIpc) is 2.14. The monoisotopic (exact) mass is 243 g/mol. The Morgan fingerprint density at radius 3 is 2.41 bits per heavy atom. The Labute approximate surface area is 101 Å². The van der Waals surface area contributed by atoms with Crippen molar-refractivity contribution in [1.82, 2.24) is 5.01 Å². The van der Waals surface area contributed by atoms with Gasteiger partial charge in [0.15, 0.2) is 0 Å². The van der Waals surface area contributed by atoms with Gasteiger partial charge in [0, 0.05) is 12.5 Å². The van der Waals surface area contributed by atoms with Gasteiger partial charge in [0.2, 0.25) is 5.91 Å². The summed E-state index contributed by atoms with van der Waals surface area (Å²) in [6.07, 6.45) is 0.922.